The predicted molar refractivity (Wildman–Crippen MR) is 163 cm³/mol. The van der Waals surface area contributed by atoms with Crippen LogP contribution in [0.2, 0.25) is 0 Å². The van der Waals surface area contributed by atoms with Gasteiger partial charge >= 0.3 is 6.03 Å². The molecule has 0 aliphatic rings. The molecule has 0 bridgehead atoms. The highest BCUT2D eigenvalue weighted by Gasteiger charge is 2.18. The lowest BCUT2D eigenvalue weighted by Gasteiger charge is -2.19. The normalized spacial score (nSPS) is 11.3. The molecule has 0 saturated heterocycles. The van der Waals surface area contributed by atoms with Crippen molar-refractivity contribution >= 4 is 23.1 Å². The van der Waals surface area contributed by atoms with E-state index in [0.29, 0.717) is 57.8 Å². The number of oxime groups is 1. The zero-order valence-electron chi connectivity index (χ0n) is 24.8. The van der Waals surface area contributed by atoms with E-state index in [0.717, 1.165) is 30.8 Å². The molecule has 10 nitrogen and oxygen atoms in total. The van der Waals surface area contributed by atoms with Gasteiger partial charge in [-0.25, -0.2) is 4.79 Å². The molecule has 0 radical (unpaired) electrons. The van der Waals surface area contributed by atoms with Crippen molar-refractivity contribution in [3.05, 3.63) is 59.7 Å². The van der Waals surface area contributed by atoms with Crippen LogP contribution in [-0.4, -0.2) is 69.4 Å². The van der Waals surface area contributed by atoms with Crippen LogP contribution < -0.4 is 29.6 Å². The van der Waals surface area contributed by atoms with E-state index in [4.69, 9.17) is 18.9 Å². The molecule has 0 aliphatic carbocycles. The molecule has 0 heterocycles. The van der Waals surface area contributed by atoms with Crippen molar-refractivity contribution in [3.8, 4) is 34.1 Å². The van der Waals surface area contributed by atoms with Gasteiger partial charge in [-0.05, 0) is 62.3 Å². The first-order valence-corrected chi connectivity index (χ1v) is 13.5. The Hall–Kier alpha value is -4.44. The van der Waals surface area contributed by atoms with Gasteiger partial charge in [0.2, 0.25) is 0 Å². The van der Waals surface area contributed by atoms with Crippen LogP contribution in [0.15, 0.2) is 53.7 Å². The summed E-state index contributed by atoms with van der Waals surface area (Å²) in [5.41, 5.74) is 4.52. The third-order valence-corrected chi connectivity index (χ3v) is 6.82. The van der Waals surface area contributed by atoms with E-state index in [-0.39, 0.29) is 0 Å². The lowest BCUT2D eigenvalue weighted by atomic mass is 9.99. The van der Waals surface area contributed by atoms with Crippen LogP contribution in [0.25, 0.3) is 11.1 Å². The fourth-order valence-corrected chi connectivity index (χ4v) is 4.41. The molecule has 2 amide bonds. The van der Waals surface area contributed by atoms with Crippen molar-refractivity contribution in [1.82, 2.24) is 4.90 Å². The highest BCUT2D eigenvalue weighted by Crippen LogP contribution is 2.42. The lowest BCUT2D eigenvalue weighted by Crippen LogP contribution is -2.27. The zero-order chi connectivity index (χ0) is 29.9. The molecule has 220 valence electrons. The molecule has 3 aromatic carbocycles. The molecule has 3 aromatic rings. The molecule has 0 saturated carbocycles. The van der Waals surface area contributed by atoms with Gasteiger partial charge in [0.15, 0.2) is 11.5 Å². The number of carbonyl (C=O) groups excluding carboxylic acids is 1. The summed E-state index contributed by atoms with van der Waals surface area (Å²) >= 11 is 0. The second-order valence-electron chi connectivity index (χ2n) is 9.29. The van der Waals surface area contributed by atoms with E-state index in [1.807, 2.05) is 31.2 Å². The summed E-state index contributed by atoms with van der Waals surface area (Å²) in [6, 6.07) is 14.1. The minimum atomic E-state index is -0.422. The van der Waals surface area contributed by atoms with Crippen molar-refractivity contribution < 1.29 is 28.9 Å². The Labute approximate surface area is 241 Å². The number of methoxy groups -OCH3 is 3. The zero-order valence-corrected chi connectivity index (χ0v) is 24.8. The highest BCUT2D eigenvalue weighted by molar-refractivity contribution is 6.02. The number of nitrogens with zero attached hydrogens (tertiary/aromatic N) is 2. The summed E-state index contributed by atoms with van der Waals surface area (Å²) in [5.74, 6) is 2.14. The van der Waals surface area contributed by atoms with Crippen molar-refractivity contribution in [2.45, 2.75) is 27.7 Å². The molecule has 0 fully saturated rings. The maximum absolute atomic E-state index is 13.1. The molecule has 0 aliphatic heterocycles. The van der Waals surface area contributed by atoms with Crippen LogP contribution >= 0.6 is 0 Å². The Bertz CT molecular complexity index is 1370. The molecule has 0 atom stereocenters. The third kappa shape index (κ3) is 7.82. The second-order valence-corrected chi connectivity index (χ2v) is 9.29. The molecular weight excluding hydrogens is 524 g/mol. The number of rotatable bonds is 13. The number of benzene rings is 3. The van der Waals surface area contributed by atoms with Gasteiger partial charge in [-0.15, -0.1) is 0 Å². The van der Waals surface area contributed by atoms with E-state index < -0.39 is 6.03 Å². The van der Waals surface area contributed by atoms with E-state index in [1.165, 1.54) is 7.11 Å². The van der Waals surface area contributed by atoms with Gasteiger partial charge in [-0.1, -0.05) is 31.1 Å². The van der Waals surface area contributed by atoms with Gasteiger partial charge in [-0.2, -0.15) is 0 Å². The number of amides is 2. The van der Waals surface area contributed by atoms with Crippen molar-refractivity contribution in [1.29, 1.82) is 0 Å². The standard InChI is InChI=1S/C31H40N4O6/c1-8-35(9-2)14-15-41-24-12-10-20(3)27(19-24)33-31(36)32-23-17-26(30(40-7)29(18-23)39-6)22-11-13-25(21(4)34-37)28(16-22)38-5/h10-13,16-19,37H,8-9,14-15H2,1-7H3,(H2,32,33,36)/b34-21+. The van der Waals surface area contributed by atoms with Crippen LogP contribution in [-0.2, 0) is 0 Å². The summed E-state index contributed by atoms with van der Waals surface area (Å²) in [7, 11) is 4.63. The quantitative estimate of drug-likeness (QED) is 0.128. The number of aryl methyl sites for hydroxylation is 1. The summed E-state index contributed by atoms with van der Waals surface area (Å²) in [5, 5.41) is 18.3. The highest BCUT2D eigenvalue weighted by atomic mass is 16.5. The number of urea groups is 1. The van der Waals surface area contributed by atoms with Crippen molar-refractivity contribution in [2.24, 2.45) is 5.16 Å². The minimum absolute atomic E-state index is 0.415. The molecule has 0 aromatic heterocycles. The number of hydrogen-bond acceptors (Lipinski definition) is 8. The average Bonchev–Trinajstić information content (AvgIpc) is 2.99. The smallest absolute Gasteiger partial charge is 0.323 e. The van der Waals surface area contributed by atoms with Crippen LogP contribution in [0, 0.1) is 6.92 Å². The largest absolute Gasteiger partial charge is 0.496 e. The lowest BCUT2D eigenvalue weighted by molar-refractivity contribution is 0.223. The van der Waals surface area contributed by atoms with Crippen LogP contribution in [0.3, 0.4) is 0 Å². The Balaban J connectivity index is 1.85. The number of ether oxygens (including phenoxy) is 4. The average molecular weight is 565 g/mol. The topological polar surface area (TPSA) is 114 Å². The number of carbonyl (C=O) groups is 1. The van der Waals surface area contributed by atoms with Gasteiger partial charge in [0, 0.05) is 41.2 Å². The molecule has 0 unspecified atom stereocenters. The van der Waals surface area contributed by atoms with E-state index in [2.05, 4.69) is 34.5 Å². The Morgan fingerprint density at radius 1 is 0.927 bits per heavy atom. The molecule has 3 rings (SSSR count). The van der Waals surface area contributed by atoms with Gasteiger partial charge < -0.3 is 39.7 Å². The van der Waals surface area contributed by atoms with Gasteiger partial charge in [-0.3, -0.25) is 0 Å². The number of hydrogen-bond donors (Lipinski definition) is 3. The van der Waals surface area contributed by atoms with Crippen LogP contribution in [0.1, 0.15) is 31.9 Å². The summed E-state index contributed by atoms with van der Waals surface area (Å²) < 4.78 is 22.7. The summed E-state index contributed by atoms with van der Waals surface area (Å²) in [6.45, 7) is 11.2. The maximum Gasteiger partial charge on any atom is 0.323 e. The van der Waals surface area contributed by atoms with Crippen molar-refractivity contribution in [2.75, 3.05) is 58.2 Å². The molecule has 41 heavy (non-hydrogen) atoms. The molecule has 10 heteroatoms. The van der Waals surface area contributed by atoms with E-state index in [1.54, 1.807) is 45.4 Å². The van der Waals surface area contributed by atoms with Crippen LogP contribution in [0.5, 0.6) is 23.0 Å². The van der Waals surface area contributed by atoms with Gasteiger partial charge in [0.1, 0.15) is 18.1 Å². The molecular formula is C31H40N4O6. The van der Waals surface area contributed by atoms with Gasteiger partial charge in [0.25, 0.3) is 0 Å². The van der Waals surface area contributed by atoms with E-state index >= 15 is 0 Å². The fourth-order valence-electron chi connectivity index (χ4n) is 4.41. The Morgan fingerprint density at radius 3 is 2.29 bits per heavy atom. The second kappa shape index (κ2) is 14.8. The maximum atomic E-state index is 13.1. The monoisotopic (exact) mass is 564 g/mol. The minimum Gasteiger partial charge on any atom is -0.496 e. The third-order valence-electron chi connectivity index (χ3n) is 6.82. The summed E-state index contributed by atoms with van der Waals surface area (Å²) in [6.07, 6.45) is 0. The fraction of sp³-hybridized carbons (Fsp3) is 0.355. The Morgan fingerprint density at radius 2 is 1.66 bits per heavy atom. The number of likely N-dealkylation sites (N-methyl/N-ethyl adjacent to an activating group) is 1. The first kappa shape index (κ1) is 31.1. The molecule has 3 N–H and O–H groups in total. The van der Waals surface area contributed by atoms with Crippen LogP contribution in [0.4, 0.5) is 16.2 Å². The van der Waals surface area contributed by atoms with Gasteiger partial charge in [0.05, 0.1) is 27.0 Å². The Kier molecular flexibility index (Phi) is 11.2. The number of anilines is 2. The number of nitrogens with one attached hydrogen (secondary N) is 2. The molecule has 0 spiro atoms. The SMILES string of the molecule is CCN(CC)CCOc1ccc(C)c(NC(=O)Nc2cc(OC)c(OC)c(-c3ccc(/C(C)=N/O)c(OC)c3)c2)c1. The first-order chi connectivity index (χ1) is 19.8. The predicted octanol–water partition coefficient (Wildman–Crippen LogP) is 6.25. The summed E-state index contributed by atoms with van der Waals surface area (Å²) in [4.78, 5) is 15.4. The first-order valence-electron chi connectivity index (χ1n) is 13.5. The van der Waals surface area contributed by atoms with E-state index in [9.17, 15) is 10.0 Å². The van der Waals surface area contributed by atoms with Crippen molar-refractivity contribution in [3.63, 3.8) is 0 Å².